The number of amides is 1. The Morgan fingerprint density at radius 3 is 3.10 bits per heavy atom. The molecule has 6 heteroatoms. The van der Waals surface area contributed by atoms with Crippen LogP contribution in [0.3, 0.4) is 0 Å². The minimum atomic E-state index is -0.239. The molecule has 0 aliphatic carbocycles. The van der Waals surface area contributed by atoms with E-state index in [9.17, 15) is 4.79 Å². The van der Waals surface area contributed by atoms with Crippen LogP contribution in [0.2, 0.25) is 0 Å². The van der Waals surface area contributed by atoms with E-state index in [1.807, 2.05) is 0 Å². The van der Waals surface area contributed by atoms with Crippen molar-refractivity contribution in [3.8, 4) is 0 Å². The first kappa shape index (κ1) is 14.1. The van der Waals surface area contributed by atoms with Gasteiger partial charge in [0.15, 0.2) is 0 Å². The highest BCUT2D eigenvalue weighted by Crippen LogP contribution is 2.08. The predicted molar refractivity (Wildman–Crippen MR) is 74.5 cm³/mol. The predicted octanol–water partition coefficient (Wildman–Crippen LogP) is 1.66. The molecule has 0 fully saturated rings. The molecular formula is C14H17N3O3. The molecule has 0 saturated heterocycles. The molecule has 2 rings (SSSR count). The first-order valence-electron chi connectivity index (χ1n) is 6.29. The lowest BCUT2D eigenvalue weighted by molar-refractivity contribution is 0.0943. The van der Waals surface area contributed by atoms with E-state index in [-0.39, 0.29) is 5.91 Å². The maximum atomic E-state index is 12.0. The SMILES string of the molecule is COCCNc1ccnc(C(=O)NCc2ccco2)c1. The first-order chi connectivity index (χ1) is 9.79. The third-order valence-corrected chi connectivity index (χ3v) is 2.63. The Kier molecular flexibility index (Phi) is 5.14. The van der Waals surface area contributed by atoms with E-state index in [0.717, 1.165) is 5.69 Å². The summed E-state index contributed by atoms with van der Waals surface area (Å²) in [6.07, 6.45) is 3.16. The molecule has 106 valence electrons. The van der Waals surface area contributed by atoms with E-state index in [1.54, 1.807) is 43.8 Å². The van der Waals surface area contributed by atoms with E-state index in [1.165, 1.54) is 0 Å². The van der Waals surface area contributed by atoms with Crippen molar-refractivity contribution in [2.45, 2.75) is 6.54 Å². The second-order valence-electron chi connectivity index (χ2n) is 4.11. The van der Waals surface area contributed by atoms with Gasteiger partial charge in [-0.3, -0.25) is 9.78 Å². The van der Waals surface area contributed by atoms with Gasteiger partial charge in [0.1, 0.15) is 11.5 Å². The maximum absolute atomic E-state index is 12.0. The minimum Gasteiger partial charge on any atom is -0.467 e. The third-order valence-electron chi connectivity index (χ3n) is 2.63. The molecule has 0 saturated carbocycles. The zero-order valence-electron chi connectivity index (χ0n) is 11.3. The summed E-state index contributed by atoms with van der Waals surface area (Å²) in [5.41, 5.74) is 1.19. The van der Waals surface area contributed by atoms with Gasteiger partial charge in [-0.1, -0.05) is 0 Å². The molecular weight excluding hydrogens is 258 g/mol. The Balaban J connectivity index is 1.90. The fraction of sp³-hybridized carbons (Fsp3) is 0.286. The number of anilines is 1. The first-order valence-corrected chi connectivity index (χ1v) is 6.29. The molecule has 0 radical (unpaired) electrons. The zero-order chi connectivity index (χ0) is 14.2. The molecule has 0 bridgehead atoms. The van der Waals surface area contributed by atoms with Crippen molar-refractivity contribution in [2.75, 3.05) is 25.6 Å². The molecule has 2 heterocycles. The van der Waals surface area contributed by atoms with Crippen LogP contribution in [0.5, 0.6) is 0 Å². The molecule has 1 amide bonds. The maximum Gasteiger partial charge on any atom is 0.270 e. The smallest absolute Gasteiger partial charge is 0.270 e. The number of aromatic nitrogens is 1. The van der Waals surface area contributed by atoms with Gasteiger partial charge in [0.2, 0.25) is 0 Å². The molecule has 0 spiro atoms. The number of ether oxygens (including phenoxy) is 1. The second kappa shape index (κ2) is 7.30. The van der Waals surface area contributed by atoms with E-state index in [4.69, 9.17) is 9.15 Å². The number of pyridine rings is 1. The van der Waals surface area contributed by atoms with Gasteiger partial charge in [-0.05, 0) is 24.3 Å². The summed E-state index contributed by atoms with van der Waals surface area (Å²) in [4.78, 5) is 16.0. The minimum absolute atomic E-state index is 0.239. The number of rotatable bonds is 7. The Morgan fingerprint density at radius 2 is 2.35 bits per heavy atom. The number of methoxy groups -OCH3 is 1. The van der Waals surface area contributed by atoms with Crippen molar-refractivity contribution >= 4 is 11.6 Å². The van der Waals surface area contributed by atoms with E-state index < -0.39 is 0 Å². The van der Waals surface area contributed by atoms with Crippen LogP contribution < -0.4 is 10.6 Å². The molecule has 6 nitrogen and oxygen atoms in total. The van der Waals surface area contributed by atoms with Gasteiger partial charge in [0, 0.05) is 25.5 Å². The van der Waals surface area contributed by atoms with Crippen LogP contribution in [0.25, 0.3) is 0 Å². The van der Waals surface area contributed by atoms with Crippen LogP contribution in [0, 0.1) is 0 Å². The molecule has 0 atom stereocenters. The van der Waals surface area contributed by atoms with Crippen molar-refractivity contribution in [1.82, 2.24) is 10.3 Å². The van der Waals surface area contributed by atoms with Gasteiger partial charge in [-0.15, -0.1) is 0 Å². The Morgan fingerprint density at radius 1 is 1.45 bits per heavy atom. The number of nitrogens with zero attached hydrogens (tertiary/aromatic N) is 1. The molecule has 2 aromatic heterocycles. The second-order valence-corrected chi connectivity index (χ2v) is 4.11. The van der Waals surface area contributed by atoms with Gasteiger partial charge < -0.3 is 19.8 Å². The average Bonchev–Trinajstić information content (AvgIpc) is 2.99. The lowest BCUT2D eigenvalue weighted by atomic mass is 10.3. The fourth-order valence-electron chi connectivity index (χ4n) is 1.63. The lowest BCUT2D eigenvalue weighted by Gasteiger charge is -2.07. The van der Waals surface area contributed by atoms with E-state index >= 15 is 0 Å². The lowest BCUT2D eigenvalue weighted by Crippen LogP contribution is -2.23. The van der Waals surface area contributed by atoms with Crippen molar-refractivity contribution < 1.29 is 13.9 Å². The molecule has 20 heavy (non-hydrogen) atoms. The normalized spacial score (nSPS) is 10.2. The van der Waals surface area contributed by atoms with Crippen LogP contribution in [-0.2, 0) is 11.3 Å². The van der Waals surface area contributed by atoms with Crippen LogP contribution >= 0.6 is 0 Å². The number of nitrogens with one attached hydrogen (secondary N) is 2. The average molecular weight is 275 g/mol. The highest BCUT2D eigenvalue weighted by Gasteiger charge is 2.08. The van der Waals surface area contributed by atoms with Crippen LogP contribution in [0.1, 0.15) is 16.2 Å². The quantitative estimate of drug-likeness (QED) is 0.752. The third kappa shape index (κ3) is 4.10. The monoisotopic (exact) mass is 275 g/mol. The van der Waals surface area contributed by atoms with Gasteiger partial charge in [0.05, 0.1) is 19.4 Å². The molecule has 2 N–H and O–H groups in total. The Hall–Kier alpha value is -2.34. The molecule has 0 aromatic carbocycles. The number of furan rings is 1. The summed E-state index contributed by atoms with van der Waals surface area (Å²) in [5.74, 6) is 0.463. The molecule has 2 aromatic rings. The van der Waals surface area contributed by atoms with Gasteiger partial charge in [-0.2, -0.15) is 0 Å². The van der Waals surface area contributed by atoms with E-state index in [2.05, 4.69) is 15.6 Å². The number of hydrogen-bond donors (Lipinski definition) is 2. The van der Waals surface area contributed by atoms with Gasteiger partial charge >= 0.3 is 0 Å². The van der Waals surface area contributed by atoms with Gasteiger partial charge in [-0.25, -0.2) is 0 Å². The summed E-state index contributed by atoms with van der Waals surface area (Å²) >= 11 is 0. The molecule has 0 unspecified atom stereocenters. The molecule has 0 aliphatic rings. The number of carbonyl (C=O) groups excluding carboxylic acids is 1. The van der Waals surface area contributed by atoms with Crippen LogP contribution in [0.4, 0.5) is 5.69 Å². The standard InChI is InChI=1S/C14H17N3O3/c1-19-8-6-15-11-4-5-16-13(9-11)14(18)17-10-12-3-2-7-20-12/h2-5,7,9H,6,8,10H2,1H3,(H,15,16)(H,17,18). The van der Waals surface area contributed by atoms with Crippen molar-refractivity contribution in [3.05, 3.63) is 48.2 Å². The van der Waals surface area contributed by atoms with E-state index in [0.29, 0.717) is 31.2 Å². The Bertz CT molecular complexity index is 540. The largest absolute Gasteiger partial charge is 0.467 e. The summed E-state index contributed by atoms with van der Waals surface area (Å²) in [7, 11) is 1.64. The van der Waals surface area contributed by atoms with Crippen molar-refractivity contribution in [3.63, 3.8) is 0 Å². The topological polar surface area (TPSA) is 76.4 Å². The Labute approximate surface area is 117 Å². The fourth-order valence-corrected chi connectivity index (χ4v) is 1.63. The van der Waals surface area contributed by atoms with Crippen molar-refractivity contribution in [1.29, 1.82) is 0 Å². The summed E-state index contributed by atoms with van der Waals surface area (Å²) in [5, 5.41) is 5.90. The highest BCUT2D eigenvalue weighted by atomic mass is 16.5. The summed E-state index contributed by atoms with van der Waals surface area (Å²) in [6, 6.07) is 7.09. The summed E-state index contributed by atoms with van der Waals surface area (Å²) < 4.78 is 10.1. The molecule has 0 aliphatic heterocycles. The zero-order valence-corrected chi connectivity index (χ0v) is 11.3. The van der Waals surface area contributed by atoms with Crippen molar-refractivity contribution in [2.24, 2.45) is 0 Å². The van der Waals surface area contributed by atoms with Gasteiger partial charge in [0.25, 0.3) is 5.91 Å². The van der Waals surface area contributed by atoms with Crippen LogP contribution in [0.15, 0.2) is 41.1 Å². The summed E-state index contributed by atoms with van der Waals surface area (Å²) in [6.45, 7) is 1.62. The number of hydrogen-bond acceptors (Lipinski definition) is 5. The van der Waals surface area contributed by atoms with Crippen LogP contribution in [-0.4, -0.2) is 31.2 Å². The number of carbonyl (C=O) groups is 1. The highest BCUT2D eigenvalue weighted by molar-refractivity contribution is 5.92.